The van der Waals surface area contributed by atoms with Gasteiger partial charge in [0.15, 0.2) is 0 Å². The number of nitrogens with two attached hydrogens (primary N) is 1. The van der Waals surface area contributed by atoms with Gasteiger partial charge in [0, 0.05) is 12.4 Å². The number of aromatic nitrogens is 7. The lowest BCUT2D eigenvalue weighted by Crippen LogP contribution is -2.11. The molecule has 0 aliphatic rings. The lowest BCUT2D eigenvalue weighted by atomic mass is 10.7. The van der Waals surface area contributed by atoms with Crippen molar-refractivity contribution in [1.82, 2.24) is 34.5 Å². The highest BCUT2D eigenvalue weighted by atomic mass is 35.5. The lowest BCUT2D eigenvalue weighted by molar-refractivity contribution is 0.748. The maximum absolute atomic E-state index is 5.79. The second-order valence-corrected chi connectivity index (χ2v) is 3.78. The first-order valence-corrected chi connectivity index (χ1v) is 5.32. The van der Waals surface area contributed by atoms with Crippen molar-refractivity contribution in [3.63, 3.8) is 0 Å². The van der Waals surface area contributed by atoms with Crippen LogP contribution in [0.15, 0.2) is 30.9 Å². The van der Waals surface area contributed by atoms with Gasteiger partial charge in [0.05, 0.1) is 17.4 Å². The molecule has 0 fully saturated rings. The molecule has 3 aromatic rings. The van der Waals surface area contributed by atoms with Crippen molar-refractivity contribution in [2.45, 2.75) is 0 Å². The van der Waals surface area contributed by atoms with E-state index in [1.165, 1.54) is 15.6 Å². The highest BCUT2D eigenvalue weighted by Gasteiger charge is 2.09. The van der Waals surface area contributed by atoms with E-state index in [2.05, 4.69) is 25.1 Å². The zero-order valence-electron chi connectivity index (χ0n) is 8.97. The molecular weight excluding hydrogens is 256 g/mol. The van der Waals surface area contributed by atoms with Crippen LogP contribution < -0.4 is 5.73 Å². The van der Waals surface area contributed by atoms with Gasteiger partial charge in [-0.05, 0) is 6.07 Å². The quantitative estimate of drug-likeness (QED) is 0.721. The molecule has 0 saturated heterocycles. The van der Waals surface area contributed by atoms with Crippen LogP contribution in [0.5, 0.6) is 0 Å². The molecule has 0 saturated carbocycles. The van der Waals surface area contributed by atoms with Crippen molar-refractivity contribution < 1.29 is 0 Å². The van der Waals surface area contributed by atoms with Crippen molar-refractivity contribution in [1.29, 1.82) is 0 Å². The Hall–Kier alpha value is -2.48. The van der Waals surface area contributed by atoms with Gasteiger partial charge in [-0.15, -0.1) is 0 Å². The molecule has 0 spiro atoms. The number of nitrogen functional groups attached to an aromatic ring is 1. The molecule has 9 heteroatoms. The molecule has 90 valence electrons. The molecule has 0 unspecified atom stereocenters. The summed E-state index contributed by atoms with van der Waals surface area (Å²) in [5.74, 6) is 0.672. The van der Waals surface area contributed by atoms with E-state index in [4.69, 9.17) is 17.3 Å². The average Bonchev–Trinajstić information content (AvgIpc) is 2.98. The molecule has 18 heavy (non-hydrogen) atoms. The van der Waals surface area contributed by atoms with E-state index in [0.29, 0.717) is 11.0 Å². The fourth-order valence-corrected chi connectivity index (χ4v) is 1.51. The first kappa shape index (κ1) is 10.7. The van der Waals surface area contributed by atoms with Gasteiger partial charge >= 0.3 is 0 Å². The fourth-order valence-electron chi connectivity index (χ4n) is 1.37. The Labute approximate surface area is 106 Å². The summed E-state index contributed by atoms with van der Waals surface area (Å²) in [6, 6.07) is 1.75. The first-order chi connectivity index (χ1) is 8.72. The Morgan fingerprint density at radius 2 is 1.83 bits per heavy atom. The minimum Gasteiger partial charge on any atom is -0.368 e. The third kappa shape index (κ3) is 1.89. The van der Waals surface area contributed by atoms with E-state index in [-0.39, 0.29) is 11.9 Å². The monoisotopic (exact) mass is 262 g/mol. The van der Waals surface area contributed by atoms with E-state index in [9.17, 15) is 0 Å². The van der Waals surface area contributed by atoms with Gasteiger partial charge in [0.25, 0.3) is 11.9 Å². The summed E-state index contributed by atoms with van der Waals surface area (Å²) in [7, 11) is 0. The second kappa shape index (κ2) is 4.08. The largest absolute Gasteiger partial charge is 0.368 e. The summed E-state index contributed by atoms with van der Waals surface area (Å²) in [6.45, 7) is 0. The van der Waals surface area contributed by atoms with Crippen LogP contribution in [0.4, 0.5) is 5.95 Å². The predicted molar refractivity (Wildman–Crippen MR) is 63.5 cm³/mol. The van der Waals surface area contributed by atoms with Gasteiger partial charge in [0.1, 0.15) is 0 Å². The Balaban J connectivity index is 2.11. The van der Waals surface area contributed by atoms with Crippen LogP contribution >= 0.6 is 11.6 Å². The van der Waals surface area contributed by atoms with Gasteiger partial charge < -0.3 is 5.73 Å². The van der Waals surface area contributed by atoms with E-state index in [0.717, 1.165) is 0 Å². The summed E-state index contributed by atoms with van der Waals surface area (Å²) in [5.41, 5.74) is 5.63. The zero-order chi connectivity index (χ0) is 12.5. The average molecular weight is 263 g/mol. The third-order valence-electron chi connectivity index (χ3n) is 2.09. The van der Waals surface area contributed by atoms with Crippen LogP contribution in [0.3, 0.4) is 0 Å². The fraction of sp³-hybridized carbons (Fsp3) is 0. The number of halogens is 1. The Kier molecular flexibility index (Phi) is 2.41. The standard InChI is InChI=1S/C9H7ClN8/c10-6-4-13-18(5-6)9-15-7(11)14-8(16-9)17-3-1-2-12-17/h1-5H,(H2,11,14,15,16). The predicted octanol–water partition coefficient (Wildman–Crippen LogP) is 0.479. The lowest BCUT2D eigenvalue weighted by Gasteiger charge is -2.03. The normalized spacial score (nSPS) is 10.7. The minimum atomic E-state index is 0.0807. The second-order valence-electron chi connectivity index (χ2n) is 3.35. The molecule has 0 aliphatic carbocycles. The van der Waals surface area contributed by atoms with Crippen LogP contribution in [-0.4, -0.2) is 34.5 Å². The molecular formula is C9H7ClN8. The van der Waals surface area contributed by atoms with Crippen molar-refractivity contribution >= 4 is 17.5 Å². The van der Waals surface area contributed by atoms with Gasteiger partial charge in [0.2, 0.25) is 5.95 Å². The smallest absolute Gasteiger partial charge is 0.257 e. The molecule has 3 heterocycles. The van der Waals surface area contributed by atoms with Crippen LogP contribution in [0.25, 0.3) is 11.9 Å². The number of nitrogens with zero attached hydrogens (tertiary/aromatic N) is 7. The third-order valence-corrected chi connectivity index (χ3v) is 2.29. The van der Waals surface area contributed by atoms with Gasteiger partial charge in [-0.1, -0.05) is 11.6 Å². The van der Waals surface area contributed by atoms with Crippen LogP contribution in [0.2, 0.25) is 5.02 Å². The molecule has 3 aromatic heterocycles. The zero-order valence-corrected chi connectivity index (χ0v) is 9.73. The summed E-state index contributed by atoms with van der Waals surface area (Å²) in [4.78, 5) is 12.2. The molecule has 0 atom stereocenters. The number of rotatable bonds is 2. The highest BCUT2D eigenvalue weighted by Crippen LogP contribution is 2.10. The first-order valence-electron chi connectivity index (χ1n) is 4.94. The van der Waals surface area contributed by atoms with Gasteiger partial charge in [-0.25, -0.2) is 9.36 Å². The van der Waals surface area contributed by atoms with E-state index < -0.39 is 0 Å². The van der Waals surface area contributed by atoms with E-state index in [1.807, 2.05) is 0 Å². The molecule has 3 rings (SSSR count). The van der Waals surface area contributed by atoms with Crippen LogP contribution in [0, 0.1) is 0 Å². The van der Waals surface area contributed by atoms with E-state index in [1.54, 1.807) is 24.7 Å². The number of hydrogen-bond donors (Lipinski definition) is 1. The summed E-state index contributed by atoms with van der Waals surface area (Å²) in [5, 5.41) is 8.50. The Bertz CT molecular complexity index is 674. The molecule has 0 amide bonds. The van der Waals surface area contributed by atoms with Crippen LogP contribution in [0.1, 0.15) is 0 Å². The van der Waals surface area contributed by atoms with Crippen LogP contribution in [-0.2, 0) is 0 Å². The van der Waals surface area contributed by atoms with Crippen molar-refractivity contribution in [2.75, 3.05) is 5.73 Å². The Morgan fingerprint density at radius 3 is 2.44 bits per heavy atom. The molecule has 8 nitrogen and oxygen atoms in total. The minimum absolute atomic E-state index is 0.0807. The number of anilines is 1. The van der Waals surface area contributed by atoms with Crippen molar-refractivity contribution in [2.24, 2.45) is 0 Å². The highest BCUT2D eigenvalue weighted by molar-refractivity contribution is 6.30. The van der Waals surface area contributed by atoms with Crippen molar-refractivity contribution in [3.05, 3.63) is 35.9 Å². The molecule has 0 aliphatic heterocycles. The van der Waals surface area contributed by atoms with E-state index >= 15 is 0 Å². The molecule has 2 N–H and O–H groups in total. The van der Waals surface area contributed by atoms with Gasteiger partial charge in [-0.2, -0.15) is 25.1 Å². The number of hydrogen-bond acceptors (Lipinski definition) is 6. The summed E-state index contributed by atoms with van der Waals surface area (Å²) < 4.78 is 2.89. The molecule has 0 radical (unpaired) electrons. The topological polar surface area (TPSA) is 100 Å². The summed E-state index contributed by atoms with van der Waals surface area (Å²) in [6.07, 6.45) is 6.37. The molecule has 0 aromatic carbocycles. The maximum Gasteiger partial charge on any atom is 0.257 e. The van der Waals surface area contributed by atoms with Crippen molar-refractivity contribution in [3.8, 4) is 11.9 Å². The summed E-state index contributed by atoms with van der Waals surface area (Å²) >= 11 is 5.79. The van der Waals surface area contributed by atoms with Gasteiger partial charge in [-0.3, -0.25) is 0 Å². The SMILES string of the molecule is Nc1nc(-n2cccn2)nc(-n2cc(Cl)cn2)n1. The Morgan fingerprint density at radius 1 is 1.06 bits per heavy atom. The maximum atomic E-state index is 5.79. The molecule has 0 bridgehead atoms.